The van der Waals surface area contributed by atoms with E-state index >= 15 is 0 Å². The standard InChI is InChI=1S/C31H39N5O3S/c1-18-20(3)40-28-25(18)26(32-19(2)27-34-33-21(4)36(27)28)22-8-10-23(11-9-22)38-24-16-31(17-24)12-14-35(15-13-31)29(37)39-30(5,6)7/h8-11,19,24H,12-17H2,1-7H3. The minimum Gasteiger partial charge on any atom is -0.490 e. The number of likely N-dealkylation sites (tertiary alicyclic amines) is 1. The van der Waals surface area contributed by atoms with Crippen LogP contribution in [0.15, 0.2) is 29.3 Å². The molecule has 40 heavy (non-hydrogen) atoms. The molecule has 2 aliphatic heterocycles. The molecule has 2 fully saturated rings. The summed E-state index contributed by atoms with van der Waals surface area (Å²) < 4.78 is 14.1. The van der Waals surface area contributed by atoms with E-state index in [0.29, 0.717) is 0 Å². The zero-order valence-corrected chi connectivity index (χ0v) is 25.4. The Balaban J connectivity index is 1.12. The van der Waals surface area contributed by atoms with Crippen LogP contribution in [-0.2, 0) is 4.74 Å². The summed E-state index contributed by atoms with van der Waals surface area (Å²) in [5.41, 5.74) is 4.34. The number of nitrogens with zero attached hydrogens (tertiary/aromatic N) is 5. The summed E-state index contributed by atoms with van der Waals surface area (Å²) in [7, 11) is 0. The number of benzene rings is 1. The van der Waals surface area contributed by atoms with Gasteiger partial charge in [-0.1, -0.05) is 0 Å². The number of ether oxygens (including phenoxy) is 2. The van der Waals surface area contributed by atoms with Crippen LogP contribution in [-0.4, -0.2) is 56.3 Å². The lowest BCUT2D eigenvalue weighted by molar-refractivity contribution is -0.0583. The van der Waals surface area contributed by atoms with Gasteiger partial charge in [0.15, 0.2) is 5.82 Å². The smallest absolute Gasteiger partial charge is 0.410 e. The van der Waals surface area contributed by atoms with E-state index in [4.69, 9.17) is 14.5 Å². The number of piperidine rings is 1. The number of thiophene rings is 1. The van der Waals surface area contributed by atoms with E-state index in [0.717, 1.165) is 72.4 Å². The predicted molar refractivity (Wildman–Crippen MR) is 157 cm³/mol. The van der Waals surface area contributed by atoms with Crippen molar-refractivity contribution in [2.24, 2.45) is 10.4 Å². The van der Waals surface area contributed by atoms with Crippen LogP contribution in [0.5, 0.6) is 5.75 Å². The first-order valence-corrected chi connectivity index (χ1v) is 15.1. The molecule has 1 unspecified atom stereocenters. The quantitative estimate of drug-likeness (QED) is 0.354. The lowest BCUT2D eigenvalue weighted by Gasteiger charge is -2.51. The molecule has 8 nitrogen and oxygen atoms in total. The molecule has 1 atom stereocenters. The fourth-order valence-electron chi connectivity index (χ4n) is 6.25. The molecule has 3 aliphatic rings. The molecule has 0 N–H and O–H groups in total. The maximum Gasteiger partial charge on any atom is 0.410 e. The lowest BCUT2D eigenvalue weighted by atomic mass is 9.61. The Labute approximate surface area is 240 Å². The number of aryl methyl sites for hydroxylation is 2. The van der Waals surface area contributed by atoms with Gasteiger partial charge in [0.05, 0.1) is 11.8 Å². The Morgan fingerprint density at radius 1 is 1.05 bits per heavy atom. The third-order valence-electron chi connectivity index (χ3n) is 8.58. The Bertz CT molecular complexity index is 1460. The number of fused-ring (bicyclic) bond motifs is 3. The first kappa shape index (κ1) is 27.0. The van der Waals surface area contributed by atoms with Gasteiger partial charge < -0.3 is 14.4 Å². The number of hydrogen-bond acceptors (Lipinski definition) is 7. The average molecular weight is 562 g/mol. The fraction of sp³-hybridized carbons (Fsp3) is 0.548. The molecule has 4 heterocycles. The summed E-state index contributed by atoms with van der Waals surface area (Å²) in [6.45, 7) is 15.7. The lowest BCUT2D eigenvalue weighted by Crippen LogP contribution is -2.52. The van der Waals surface area contributed by atoms with Crippen molar-refractivity contribution in [1.29, 1.82) is 0 Å². The van der Waals surface area contributed by atoms with Gasteiger partial charge in [0.25, 0.3) is 0 Å². The number of rotatable bonds is 3. The number of hydrogen-bond donors (Lipinski definition) is 0. The molecule has 1 aromatic carbocycles. The van der Waals surface area contributed by atoms with Crippen molar-refractivity contribution in [2.75, 3.05) is 13.1 Å². The van der Waals surface area contributed by atoms with Crippen LogP contribution < -0.4 is 4.74 Å². The second kappa shape index (κ2) is 9.72. The summed E-state index contributed by atoms with van der Waals surface area (Å²) in [5.74, 6) is 2.66. The van der Waals surface area contributed by atoms with Crippen LogP contribution in [0.4, 0.5) is 4.79 Å². The van der Waals surface area contributed by atoms with Crippen molar-refractivity contribution in [3.63, 3.8) is 0 Å². The Kier molecular flexibility index (Phi) is 6.56. The molecule has 1 saturated carbocycles. The van der Waals surface area contributed by atoms with Crippen molar-refractivity contribution in [3.05, 3.63) is 57.5 Å². The molecule has 1 amide bonds. The molecule has 0 bridgehead atoms. The Morgan fingerprint density at radius 3 is 2.38 bits per heavy atom. The second-order valence-corrected chi connectivity index (χ2v) is 13.9. The van der Waals surface area contributed by atoms with Crippen LogP contribution in [0.2, 0.25) is 0 Å². The highest BCUT2D eigenvalue weighted by atomic mass is 32.1. The maximum atomic E-state index is 12.4. The highest BCUT2D eigenvalue weighted by molar-refractivity contribution is 7.15. The van der Waals surface area contributed by atoms with E-state index in [-0.39, 0.29) is 23.7 Å². The molecule has 212 valence electrons. The number of amides is 1. The van der Waals surface area contributed by atoms with Crippen molar-refractivity contribution < 1.29 is 14.3 Å². The molecule has 1 spiro atoms. The van der Waals surface area contributed by atoms with Crippen LogP contribution >= 0.6 is 11.3 Å². The van der Waals surface area contributed by atoms with Gasteiger partial charge in [-0.2, -0.15) is 0 Å². The topological polar surface area (TPSA) is 81.8 Å². The predicted octanol–water partition coefficient (Wildman–Crippen LogP) is 6.72. The molecule has 3 aromatic rings. The molecule has 1 saturated heterocycles. The van der Waals surface area contributed by atoms with Crippen molar-refractivity contribution in [3.8, 4) is 10.8 Å². The fourth-order valence-corrected chi connectivity index (χ4v) is 7.47. The van der Waals surface area contributed by atoms with E-state index in [9.17, 15) is 4.79 Å². The third-order valence-corrected chi connectivity index (χ3v) is 9.77. The van der Waals surface area contributed by atoms with E-state index in [2.05, 4.69) is 59.8 Å². The number of aromatic nitrogens is 3. The van der Waals surface area contributed by atoms with Crippen LogP contribution in [0.3, 0.4) is 0 Å². The summed E-state index contributed by atoms with van der Waals surface area (Å²) in [6.07, 6.45) is 4.12. The van der Waals surface area contributed by atoms with E-state index in [1.807, 2.05) is 32.6 Å². The minimum atomic E-state index is -0.457. The minimum absolute atomic E-state index is 0.0978. The number of carbonyl (C=O) groups excluding carboxylic acids is 1. The summed E-state index contributed by atoms with van der Waals surface area (Å²) in [5, 5.41) is 9.95. The SMILES string of the molecule is Cc1sc2c(c1C)C(c1ccc(OC3CC4(CCN(C(=O)OC(C)(C)C)CC4)C3)cc1)=NC(C)c1nnc(C)n1-2. The van der Waals surface area contributed by atoms with Gasteiger partial charge in [-0.25, -0.2) is 4.79 Å². The van der Waals surface area contributed by atoms with Gasteiger partial charge in [-0.3, -0.25) is 9.56 Å². The number of carbonyl (C=O) groups is 1. The summed E-state index contributed by atoms with van der Waals surface area (Å²) >= 11 is 1.78. The number of aliphatic imine (C=N–C) groups is 1. The molecular weight excluding hydrogens is 522 g/mol. The third kappa shape index (κ3) is 4.82. The highest BCUT2D eigenvalue weighted by Crippen LogP contribution is 2.50. The highest BCUT2D eigenvalue weighted by Gasteiger charge is 2.48. The Morgan fingerprint density at radius 2 is 1.73 bits per heavy atom. The first-order chi connectivity index (χ1) is 18.9. The molecule has 6 rings (SSSR count). The first-order valence-electron chi connectivity index (χ1n) is 14.3. The summed E-state index contributed by atoms with van der Waals surface area (Å²) in [6, 6.07) is 8.31. The average Bonchev–Trinajstić information content (AvgIpc) is 3.36. The monoisotopic (exact) mass is 561 g/mol. The van der Waals surface area contributed by atoms with Gasteiger partial charge in [-0.15, -0.1) is 21.5 Å². The van der Waals surface area contributed by atoms with Gasteiger partial charge in [0.1, 0.15) is 28.2 Å². The van der Waals surface area contributed by atoms with E-state index in [1.54, 1.807) is 11.3 Å². The van der Waals surface area contributed by atoms with Gasteiger partial charge in [-0.05, 0) is 109 Å². The molecule has 0 radical (unpaired) electrons. The van der Waals surface area contributed by atoms with Crippen LogP contribution in [0, 0.1) is 26.2 Å². The molecule has 2 aromatic heterocycles. The van der Waals surface area contributed by atoms with E-state index < -0.39 is 5.60 Å². The van der Waals surface area contributed by atoms with Gasteiger partial charge in [0.2, 0.25) is 0 Å². The van der Waals surface area contributed by atoms with Crippen molar-refractivity contribution in [2.45, 2.75) is 91.9 Å². The van der Waals surface area contributed by atoms with Crippen LogP contribution in [0.1, 0.15) is 92.6 Å². The zero-order chi connectivity index (χ0) is 28.4. The van der Waals surface area contributed by atoms with Crippen molar-refractivity contribution >= 4 is 23.1 Å². The summed E-state index contributed by atoms with van der Waals surface area (Å²) in [4.78, 5) is 20.7. The van der Waals surface area contributed by atoms with Gasteiger partial charge in [0, 0.05) is 29.1 Å². The molecule has 9 heteroatoms. The maximum absolute atomic E-state index is 12.4. The second-order valence-electron chi connectivity index (χ2n) is 12.7. The normalized spacial score (nSPS) is 20.3. The largest absolute Gasteiger partial charge is 0.490 e. The molecular formula is C31H39N5O3S. The van der Waals surface area contributed by atoms with Crippen molar-refractivity contribution in [1.82, 2.24) is 19.7 Å². The Hall–Kier alpha value is -3.20. The molecule has 1 aliphatic carbocycles. The zero-order valence-electron chi connectivity index (χ0n) is 24.6. The van der Waals surface area contributed by atoms with Gasteiger partial charge >= 0.3 is 6.09 Å². The van der Waals surface area contributed by atoms with E-state index in [1.165, 1.54) is 16.0 Å². The van der Waals surface area contributed by atoms with Crippen LogP contribution in [0.25, 0.3) is 5.00 Å².